The van der Waals surface area contributed by atoms with Crippen molar-refractivity contribution in [2.24, 2.45) is 11.3 Å². The molecule has 2 N–H and O–H groups in total. The van der Waals surface area contributed by atoms with Crippen molar-refractivity contribution < 1.29 is 9.53 Å². The molecule has 0 unspecified atom stereocenters. The van der Waals surface area contributed by atoms with Gasteiger partial charge in [-0.1, -0.05) is 19.1 Å². The van der Waals surface area contributed by atoms with Gasteiger partial charge in [0.05, 0.1) is 12.2 Å². The average Bonchev–Trinajstić information content (AvgIpc) is 3.36. The number of amides is 1. The Morgan fingerprint density at radius 2 is 2.00 bits per heavy atom. The SMILES string of the molecule is CC1(CNC(=O)c2ccccc2OCC2CC2)CCNCC1.Cl. The first-order chi connectivity index (χ1) is 10.7. The molecule has 0 atom stereocenters. The maximum absolute atomic E-state index is 12.5. The van der Waals surface area contributed by atoms with E-state index in [0.717, 1.165) is 39.1 Å². The van der Waals surface area contributed by atoms with E-state index < -0.39 is 0 Å². The molecule has 1 saturated heterocycles. The highest BCUT2D eigenvalue weighted by atomic mass is 35.5. The molecule has 1 aromatic carbocycles. The van der Waals surface area contributed by atoms with Crippen LogP contribution in [-0.2, 0) is 0 Å². The van der Waals surface area contributed by atoms with E-state index in [2.05, 4.69) is 17.6 Å². The molecule has 23 heavy (non-hydrogen) atoms. The largest absolute Gasteiger partial charge is 0.492 e. The Kier molecular flexibility index (Phi) is 6.31. The third kappa shape index (κ3) is 5.11. The topological polar surface area (TPSA) is 50.4 Å². The molecular weight excluding hydrogens is 312 g/mol. The molecule has 0 aromatic heterocycles. The number of ether oxygens (including phenoxy) is 1. The fourth-order valence-corrected chi connectivity index (χ4v) is 2.87. The van der Waals surface area contributed by atoms with Gasteiger partial charge in [0.25, 0.3) is 5.91 Å². The van der Waals surface area contributed by atoms with Gasteiger partial charge < -0.3 is 15.4 Å². The molecule has 128 valence electrons. The zero-order valence-electron chi connectivity index (χ0n) is 13.8. The van der Waals surface area contributed by atoms with E-state index in [4.69, 9.17) is 4.74 Å². The van der Waals surface area contributed by atoms with Crippen LogP contribution in [0.25, 0.3) is 0 Å². The van der Waals surface area contributed by atoms with Crippen LogP contribution >= 0.6 is 12.4 Å². The molecule has 0 bridgehead atoms. The summed E-state index contributed by atoms with van der Waals surface area (Å²) in [7, 11) is 0. The average molecular weight is 339 g/mol. The smallest absolute Gasteiger partial charge is 0.255 e. The molecule has 1 heterocycles. The third-order valence-corrected chi connectivity index (χ3v) is 4.79. The summed E-state index contributed by atoms with van der Waals surface area (Å²) in [6.07, 6.45) is 4.71. The number of hydrogen-bond donors (Lipinski definition) is 2. The van der Waals surface area contributed by atoms with Gasteiger partial charge in [0.15, 0.2) is 0 Å². The molecule has 2 aliphatic rings. The van der Waals surface area contributed by atoms with Gasteiger partial charge in [-0.25, -0.2) is 0 Å². The molecule has 1 aromatic rings. The van der Waals surface area contributed by atoms with Crippen molar-refractivity contribution in [2.75, 3.05) is 26.2 Å². The first-order valence-corrected chi connectivity index (χ1v) is 8.37. The monoisotopic (exact) mass is 338 g/mol. The Balaban J connectivity index is 0.00000192. The Morgan fingerprint density at radius 3 is 2.70 bits per heavy atom. The maximum Gasteiger partial charge on any atom is 0.255 e. The summed E-state index contributed by atoms with van der Waals surface area (Å²) < 4.78 is 5.83. The molecule has 5 heteroatoms. The van der Waals surface area contributed by atoms with E-state index in [-0.39, 0.29) is 23.7 Å². The Hall–Kier alpha value is -1.26. The van der Waals surface area contributed by atoms with Crippen molar-refractivity contribution in [3.63, 3.8) is 0 Å². The summed E-state index contributed by atoms with van der Waals surface area (Å²) in [4.78, 5) is 12.5. The lowest BCUT2D eigenvalue weighted by Crippen LogP contribution is -2.42. The van der Waals surface area contributed by atoms with Crippen LogP contribution in [0.15, 0.2) is 24.3 Å². The lowest BCUT2D eigenvalue weighted by Gasteiger charge is -2.34. The quantitative estimate of drug-likeness (QED) is 0.838. The number of benzene rings is 1. The van der Waals surface area contributed by atoms with Crippen molar-refractivity contribution in [1.82, 2.24) is 10.6 Å². The molecule has 0 radical (unpaired) electrons. The highest BCUT2D eigenvalue weighted by Crippen LogP contribution is 2.30. The van der Waals surface area contributed by atoms with Gasteiger partial charge >= 0.3 is 0 Å². The first kappa shape index (κ1) is 18.1. The van der Waals surface area contributed by atoms with Gasteiger partial charge in [-0.05, 0) is 62.2 Å². The second-order valence-corrected chi connectivity index (χ2v) is 6.99. The van der Waals surface area contributed by atoms with E-state index in [1.807, 2.05) is 24.3 Å². The number of carbonyl (C=O) groups is 1. The number of hydrogen-bond acceptors (Lipinski definition) is 3. The van der Waals surface area contributed by atoms with Crippen LogP contribution in [0.2, 0.25) is 0 Å². The number of halogens is 1. The predicted molar refractivity (Wildman–Crippen MR) is 94.5 cm³/mol. The summed E-state index contributed by atoms with van der Waals surface area (Å²) in [6, 6.07) is 7.56. The fourth-order valence-electron chi connectivity index (χ4n) is 2.87. The number of para-hydroxylation sites is 1. The van der Waals surface area contributed by atoms with Crippen LogP contribution < -0.4 is 15.4 Å². The van der Waals surface area contributed by atoms with Crippen molar-refractivity contribution in [2.45, 2.75) is 32.6 Å². The second kappa shape index (κ2) is 8.02. The molecular formula is C18H27ClN2O2. The van der Waals surface area contributed by atoms with Crippen LogP contribution in [0.4, 0.5) is 0 Å². The van der Waals surface area contributed by atoms with Crippen molar-refractivity contribution >= 4 is 18.3 Å². The number of rotatable bonds is 6. The number of piperidine rings is 1. The minimum absolute atomic E-state index is 0. The molecule has 2 fully saturated rings. The lowest BCUT2D eigenvalue weighted by molar-refractivity contribution is 0.0918. The van der Waals surface area contributed by atoms with Gasteiger partial charge in [0.1, 0.15) is 5.75 Å². The van der Waals surface area contributed by atoms with Crippen LogP contribution in [-0.4, -0.2) is 32.1 Å². The Bertz CT molecular complexity index is 526. The molecule has 0 spiro atoms. The highest BCUT2D eigenvalue weighted by Gasteiger charge is 2.28. The summed E-state index contributed by atoms with van der Waals surface area (Å²) in [6.45, 7) is 5.78. The summed E-state index contributed by atoms with van der Waals surface area (Å²) in [5.41, 5.74) is 0.853. The van der Waals surface area contributed by atoms with E-state index >= 15 is 0 Å². The van der Waals surface area contributed by atoms with Crippen molar-refractivity contribution in [3.8, 4) is 5.75 Å². The van der Waals surface area contributed by atoms with Gasteiger partial charge in [0.2, 0.25) is 0 Å². The van der Waals surface area contributed by atoms with Crippen LogP contribution in [0.3, 0.4) is 0 Å². The zero-order chi connectivity index (χ0) is 15.4. The minimum atomic E-state index is -0.0221. The fraction of sp³-hybridized carbons (Fsp3) is 0.611. The van der Waals surface area contributed by atoms with Crippen molar-refractivity contribution in [3.05, 3.63) is 29.8 Å². The van der Waals surface area contributed by atoms with Crippen LogP contribution in [0.5, 0.6) is 5.75 Å². The van der Waals surface area contributed by atoms with E-state index in [0.29, 0.717) is 17.2 Å². The minimum Gasteiger partial charge on any atom is -0.492 e. The van der Waals surface area contributed by atoms with Crippen LogP contribution in [0, 0.1) is 11.3 Å². The van der Waals surface area contributed by atoms with Crippen LogP contribution in [0.1, 0.15) is 43.0 Å². The zero-order valence-corrected chi connectivity index (χ0v) is 14.6. The summed E-state index contributed by atoms with van der Waals surface area (Å²) in [5, 5.41) is 6.47. The standard InChI is InChI=1S/C18H26N2O2.ClH/c1-18(8-10-19-11-9-18)13-20-17(21)15-4-2-3-5-16(15)22-12-14-6-7-14;/h2-5,14,19H,6-13H2,1H3,(H,20,21);1H. The van der Waals surface area contributed by atoms with Gasteiger partial charge in [-0.15, -0.1) is 12.4 Å². The highest BCUT2D eigenvalue weighted by molar-refractivity contribution is 5.96. The first-order valence-electron chi connectivity index (χ1n) is 8.37. The van der Waals surface area contributed by atoms with Gasteiger partial charge in [-0.2, -0.15) is 0 Å². The molecule has 3 rings (SSSR count). The predicted octanol–water partition coefficient (Wildman–Crippen LogP) is 3.02. The Morgan fingerprint density at radius 1 is 1.30 bits per heavy atom. The molecule has 1 aliphatic heterocycles. The normalized spacial score (nSPS) is 19.5. The molecule has 4 nitrogen and oxygen atoms in total. The van der Waals surface area contributed by atoms with E-state index in [9.17, 15) is 4.79 Å². The van der Waals surface area contributed by atoms with Crippen molar-refractivity contribution in [1.29, 1.82) is 0 Å². The summed E-state index contributed by atoms with van der Waals surface area (Å²) in [5.74, 6) is 1.37. The Labute approximate surface area is 144 Å². The third-order valence-electron chi connectivity index (χ3n) is 4.79. The maximum atomic E-state index is 12.5. The molecule has 1 aliphatic carbocycles. The molecule has 1 saturated carbocycles. The van der Waals surface area contributed by atoms with Gasteiger partial charge in [-0.3, -0.25) is 4.79 Å². The van der Waals surface area contributed by atoms with Gasteiger partial charge in [0, 0.05) is 6.54 Å². The molecule has 1 amide bonds. The second-order valence-electron chi connectivity index (χ2n) is 6.99. The summed E-state index contributed by atoms with van der Waals surface area (Å²) >= 11 is 0. The number of nitrogens with one attached hydrogen (secondary N) is 2. The lowest BCUT2D eigenvalue weighted by atomic mass is 9.81. The van der Waals surface area contributed by atoms with E-state index in [1.165, 1.54) is 12.8 Å². The number of carbonyl (C=O) groups excluding carboxylic acids is 1. The van der Waals surface area contributed by atoms with E-state index in [1.54, 1.807) is 0 Å².